The van der Waals surface area contributed by atoms with Crippen LogP contribution in [0.25, 0.3) is 5.69 Å². The molecule has 1 aromatic carbocycles. The van der Waals surface area contributed by atoms with Gasteiger partial charge in [0.25, 0.3) is 0 Å². The molecule has 0 spiro atoms. The molecule has 1 heterocycles. The normalized spacial score (nSPS) is 19.6. The highest BCUT2D eigenvalue weighted by atomic mass is 16.1. The van der Waals surface area contributed by atoms with Gasteiger partial charge in [0.15, 0.2) is 11.5 Å². The minimum absolute atomic E-state index is 0.0187. The molecular formula is C20H27N5O2. The molecule has 7 heteroatoms. The molecular weight excluding hydrogens is 342 g/mol. The zero-order valence-electron chi connectivity index (χ0n) is 15.7. The average Bonchev–Trinajstić information content (AvgIpc) is 3.06. The van der Waals surface area contributed by atoms with E-state index in [1.807, 2.05) is 37.3 Å². The third kappa shape index (κ3) is 4.80. The number of carbonyl (C=O) groups is 2. The van der Waals surface area contributed by atoms with Gasteiger partial charge < -0.3 is 11.1 Å². The van der Waals surface area contributed by atoms with Gasteiger partial charge in [0.05, 0.1) is 11.4 Å². The first kappa shape index (κ1) is 19.2. The van der Waals surface area contributed by atoms with Crippen molar-refractivity contribution in [2.24, 2.45) is 11.7 Å². The number of hydrogen-bond donors (Lipinski definition) is 2. The third-order valence-corrected chi connectivity index (χ3v) is 5.22. The summed E-state index contributed by atoms with van der Waals surface area (Å²) in [5.74, 6) is 0.400. The quantitative estimate of drug-likeness (QED) is 0.728. The molecule has 7 nitrogen and oxygen atoms in total. The molecule has 0 atom stereocenters. The lowest BCUT2D eigenvalue weighted by Crippen LogP contribution is -2.38. The van der Waals surface area contributed by atoms with Crippen molar-refractivity contribution in [2.45, 2.75) is 51.5 Å². The number of aromatic nitrogens is 3. The second-order valence-corrected chi connectivity index (χ2v) is 7.22. The number of Topliss-reactive ketones (excluding diaryl/α,β-unsaturated/α-hetero) is 1. The molecule has 3 N–H and O–H groups in total. The van der Waals surface area contributed by atoms with Gasteiger partial charge in [-0.25, -0.2) is 4.68 Å². The molecule has 1 aliphatic carbocycles. The number of nitrogens with one attached hydrogen (secondary N) is 1. The standard InChI is InChI=1S/C20H27N5O2/c1-14-20(23-24-25(14)17-5-3-2-4-6-17)18(26)13-15-7-9-16(10-8-15)22-19(27)11-12-21/h2-6,15-16H,7-13,21H2,1H3,(H,22,27). The van der Waals surface area contributed by atoms with Gasteiger partial charge in [-0.15, -0.1) is 5.10 Å². The van der Waals surface area contributed by atoms with Crippen LogP contribution in [0.5, 0.6) is 0 Å². The van der Waals surface area contributed by atoms with Crippen LogP contribution in [-0.4, -0.2) is 39.3 Å². The number of para-hydroxylation sites is 1. The number of nitrogens with zero attached hydrogens (tertiary/aromatic N) is 3. The molecule has 1 saturated carbocycles. The minimum Gasteiger partial charge on any atom is -0.353 e. The first-order valence-electron chi connectivity index (χ1n) is 9.59. The molecule has 1 amide bonds. The number of amides is 1. The molecule has 0 saturated heterocycles. The molecule has 27 heavy (non-hydrogen) atoms. The number of rotatable bonds is 7. The van der Waals surface area contributed by atoms with Crippen molar-refractivity contribution in [3.63, 3.8) is 0 Å². The van der Waals surface area contributed by atoms with E-state index in [1.165, 1.54) is 0 Å². The summed E-state index contributed by atoms with van der Waals surface area (Å²) < 4.78 is 1.71. The van der Waals surface area contributed by atoms with Crippen LogP contribution in [0.2, 0.25) is 0 Å². The molecule has 3 rings (SSSR count). The minimum atomic E-state index is 0.0187. The third-order valence-electron chi connectivity index (χ3n) is 5.22. The van der Waals surface area contributed by atoms with E-state index in [4.69, 9.17) is 5.73 Å². The summed E-state index contributed by atoms with van der Waals surface area (Å²) in [4.78, 5) is 24.4. The van der Waals surface area contributed by atoms with Crippen molar-refractivity contribution in [3.05, 3.63) is 41.7 Å². The maximum absolute atomic E-state index is 12.7. The van der Waals surface area contributed by atoms with Gasteiger partial charge in [0.1, 0.15) is 0 Å². The van der Waals surface area contributed by atoms with Gasteiger partial charge in [-0.1, -0.05) is 23.4 Å². The predicted octanol–water partition coefficient (Wildman–Crippen LogP) is 2.17. The van der Waals surface area contributed by atoms with Crippen LogP contribution in [0.3, 0.4) is 0 Å². The van der Waals surface area contributed by atoms with E-state index in [1.54, 1.807) is 4.68 Å². The van der Waals surface area contributed by atoms with Gasteiger partial charge in [-0.05, 0) is 50.7 Å². The van der Waals surface area contributed by atoms with Crippen LogP contribution in [0.4, 0.5) is 0 Å². The summed E-state index contributed by atoms with van der Waals surface area (Å²) in [5.41, 5.74) is 7.53. The summed E-state index contributed by atoms with van der Waals surface area (Å²) in [6, 6.07) is 9.89. The smallest absolute Gasteiger partial charge is 0.221 e. The van der Waals surface area contributed by atoms with Crippen LogP contribution in [0, 0.1) is 12.8 Å². The van der Waals surface area contributed by atoms with Crippen LogP contribution < -0.4 is 11.1 Å². The van der Waals surface area contributed by atoms with Crippen LogP contribution in [0.1, 0.15) is 54.7 Å². The monoisotopic (exact) mass is 369 g/mol. The lowest BCUT2D eigenvalue weighted by Gasteiger charge is -2.28. The van der Waals surface area contributed by atoms with Crippen molar-refractivity contribution >= 4 is 11.7 Å². The van der Waals surface area contributed by atoms with E-state index in [0.29, 0.717) is 31.0 Å². The van der Waals surface area contributed by atoms with E-state index in [0.717, 1.165) is 37.1 Å². The Morgan fingerprint density at radius 3 is 2.56 bits per heavy atom. The lowest BCUT2D eigenvalue weighted by molar-refractivity contribution is -0.121. The topological polar surface area (TPSA) is 103 Å². The SMILES string of the molecule is Cc1c(C(=O)CC2CCC(NC(=O)CCN)CC2)nnn1-c1ccccc1. The summed E-state index contributed by atoms with van der Waals surface area (Å²) >= 11 is 0. The first-order valence-corrected chi connectivity index (χ1v) is 9.59. The Kier molecular flexibility index (Phi) is 6.34. The van der Waals surface area contributed by atoms with E-state index in [9.17, 15) is 9.59 Å². The summed E-state index contributed by atoms with van der Waals surface area (Å²) in [6.45, 7) is 2.25. The highest BCUT2D eigenvalue weighted by Crippen LogP contribution is 2.28. The summed E-state index contributed by atoms with van der Waals surface area (Å²) in [5, 5.41) is 11.3. The Bertz CT molecular complexity index is 779. The zero-order valence-corrected chi connectivity index (χ0v) is 15.7. The van der Waals surface area contributed by atoms with Gasteiger partial charge in [0, 0.05) is 25.4 Å². The number of nitrogens with two attached hydrogens (primary N) is 1. The molecule has 0 aliphatic heterocycles. The van der Waals surface area contributed by atoms with E-state index >= 15 is 0 Å². The van der Waals surface area contributed by atoms with Crippen LogP contribution in [0.15, 0.2) is 30.3 Å². The Morgan fingerprint density at radius 2 is 1.89 bits per heavy atom. The highest BCUT2D eigenvalue weighted by Gasteiger charge is 2.26. The van der Waals surface area contributed by atoms with Gasteiger partial charge >= 0.3 is 0 Å². The molecule has 0 bridgehead atoms. The molecule has 1 aromatic heterocycles. The Morgan fingerprint density at radius 1 is 1.19 bits per heavy atom. The highest BCUT2D eigenvalue weighted by molar-refractivity contribution is 5.95. The maximum atomic E-state index is 12.7. The lowest BCUT2D eigenvalue weighted by atomic mass is 9.82. The molecule has 2 aromatic rings. The van der Waals surface area contributed by atoms with E-state index < -0.39 is 0 Å². The van der Waals surface area contributed by atoms with Crippen molar-refractivity contribution in [3.8, 4) is 5.69 Å². The van der Waals surface area contributed by atoms with Gasteiger partial charge in [-0.2, -0.15) is 0 Å². The summed E-state index contributed by atoms with van der Waals surface area (Å²) in [6.07, 6.45) is 4.54. The van der Waals surface area contributed by atoms with E-state index in [-0.39, 0.29) is 17.7 Å². The Hall–Kier alpha value is -2.54. The second kappa shape index (κ2) is 8.90. The molecule has 0 radical (unpaired) electrons. The Labute approximate surface area is 159 Å². The van der Waals surface area contributed by atoms with Crippen molar-refractivity contribution in [1.82, 2.24) is 20.3 Å². The summed E-state index contributed by atoms with van der Waals surface area (Å²) in [7, 11) is 0. The second-order valence-electron chi connectivity index (χ2n) is 7.22. The van der Waals surface area contributed by atoms with E-state index in [2.05, 4.69) is 15.6 Å². The van der Waals surface area contributed by atoms with Crippen LogP contribution in [-0.2, 0) is 4.79 Å². The Balaban J connectivity index is 1.55. The van der Waals surface area contributed by atoms with Crippen LogP contribution >= 0.6 is 0 Å². The van der Waals surface area contributed by atoms with Crippen molar-refractivity contribution in [2.75, 3.05) is 6.54 Å². The predicted molar refractivity (Wildman–Crippen MR) is 103 cm³/mol. The number of benzene rings is 1. The average molecular weight is 369 g/mol. The maximum Gasteiger partial charge on any atom is 0.221 e. The largest absolute Gasteiger partial charge is 0.353 e. The fraction of sp³-hybridized carbons (Fsp3) is 0.500. The van der Waals surface area contributed by atoms with Crippen molar-refractivity contribution in [1.29, 1.82) is 0 Å². The molecule has 1 fully saturated rings. The number of carbonyl (C=O) groups excluding carboxylic acids is 2. The molecule has 0 unspecified atom stereocenters. The van der Waals surface area contributed by atoms with Gasteiger partial charge in [-0.3, -0.25) is 9.59 Å². The molecule has 1 aliphatic rings. The zero-order chi connectivity index (χ0) is 19.2. The fourth-order valence-electron chi connectivity index (χ4n) is 3.70. The first-order chi connectivity index (χ1) is 13.1. The number of hydrogen-bond acceptors (Lipinski definition) is 5. The molecule has 144 valence electrons. The van der Waals surface area contributed by atoms with Crippen molar-refractivity contribution < 1.29 is 9.59 Å². The fourth-order valence-corrected chi connectivity index (χ4v) is 3.70. The van der Waals surface area contributed by atoms with Gasteiger partial charge in [0.2, 0.25) is 5.91 Å². The number of ketones is 1.